The lowest BCUT2D eigenvalue weighted by Gasteiger charge is -2.04. The molecule has 0 aliphatic heterocycles. The van der Waals surface area contributed by atoms with Gasteiger partial charge in [-0.15, -0.1) is 6.58 Å². The Morgan fingerprint density at radius 2 is 2.06 bits per heavy atom. The van der Waals surface area contributed by atoms with Crippen molar-refractivity contribution in [3.8, 4) is 0 Å². The van der Waals surface area contributed by atoms with E-state index < -0.39 is 4.92 Å². The minimum absolute atomic E-state index is 0.00668. The largest absolute Gasteiger partial charge is 0.325 e. The fourth-order valence-electron chi connectivity index (χ4n) is 1.16. The lowest BCUT2D eigenvalue weighted by Crippen LogP contribution is -2.28. The molecule has 0 unspecified atom stereocenters. The van der Waals surface area contributed by atoms with Crippen LogP contribution in [0.25, 0.3) is 0 Å². The molecule has 0 spiro atoms. The van der Waals surface area contributed by atoms with Gasteiger partial charge in [-0.1, -0.05) is 6.08 Å². The van der Waals surface area contributed by atoms with Gasteiger partial charge in [0.15, 0.2) is 0 Å². The molecule has 0 saturated heterocycles. The topological polar surface area (TPSA) is 84.3 Å². The third-order valence-corrected chi connectivity index (χ3v) is 1.94. The number of hydrogen-bond acceptors (Lipinski definition) is 4. The Labute approximate surface area is 98.5 Å². The predicted molar refractivity (Wildman–Crippen MR) is 64.8 cm³/mol. The van der Waals surface area contributed by atoms with Crippen LogP contribution < -0.4 is 10.6 Å². The molecule has 1 aromatic rings. The molecule has 90 valence electrons. The maximum atomic E-state index is 11.4. The van der Waals surface area contributed by atoms with Crippen molar-refractivity contribution in [2.24, 2.45) is 0 Å². The number of anilines is 1. The molecule has 0 aliphatic rings. The average Bonchev–Trinajstić information content (AvgIpc) is 2.30. The molecule has 0 bridgehead atoms. The van der Waals surface area contributed by atoms with E-state index in [1.165, 1.54) is 24.3 Å². The van der Waals surface area contributed by atoms with E-state index in [-0.39, 0.29) is 18.1 Å². The van der Waals surface area contributed by atoms with E-state index in [9.17, 15) is 14.9 Å². The summed E-state index contributed by atoms with van der Waals surface area (Å²) in [6, 6.07) is 5.66. The summed E-state index contributed by atoms with van der Waals surface area (Å²) in [7, 11) is 0. The third kappa shape index (κ3) is 4.43. The van der Waals surface area contributed by atoms with Crippen LogP contribution >= 0.6 is 0 Å². The van der Waals surface area contributed by atoms with E-state index in [4.69, 9.17) is 0 Å². The number of nitrogens with one attached hydrogen (secondary N) is 2. The molecule has 0 heterocycles. The highest BCUT2D eigenvalue weighted by Crippen LogP contribution is 2.14. The maximum absolute atomic E-state index is 11.4. The van der Waals surface area contributed by atoms with Crippen LogP contribution in [0.15, 0.2) is 36.9 Å². The summed E-state index contributed by atoms with van der Waals surface area (Å²) in [5.41, 5.74) is 0.522. The lowest BCUT2D eigenvalue weighted by atomic mass is 10.3. The van der Waals surface area contributed by atoms with Crippen LogP contribution in [0, 0.1) is 10.1 Å². The Kier molecular flexibility index (Phi) is 4.83. The molecule has 0 atom stereocenters. The van der Waals surface area contributed by atoms with Crippen LogP contribution in [0.3, 0.4) is 0 Å². The number of rotatable bonds is 6. The smallest absolute Gasteiger partial charge is 0.269 e. The zero-order chi connectivity index (χ0) is 12.7. The molecule has 1 rings (SSSR count). The molecule has 0 aliphatic carbocycles. The summed E-state index contributed by atoms with van der Waals surface area (Å²) in [4.78, 5) is 21.3. The Balaban J connectivity index is 2.48. The normalized spacial score (nSPS) is 9.65. The Morgan fingerprint density at radius 3 is 2.59 bits per heavy atom. The van der Waals surface area contributed by atoms with Gasteiger partial charge < -0.3 is 10.6 Å². The Morgan fingerprint density at radius 1 is 1.41 bits per heavy atom. The molecule has 0 fully saturated rings. The van der Waals surface area contributed by atoms with Crippen molar-refractivity contribution in [3.63, 3.8) is 0 Å². The van der Waals surface area contributed by atoms with E-state index in [0.29, 0.717) is 12.2 Å². The summed E-state index contributed by atoms with van der Waals surface area (Å²) in [5, 5.41) is 15.9. The number of amides is 1. The molecule has 0 radical (unpaired) electrons. The quantitative estimate of drug-likeness (QED) is 0.337. The van der Waals surface area contributed by atoms with Crippen molar-refractivity contribution < 1.29 is 9.72 Å². The summed E-state index contributed by atoms with van der Waals surface area (Å²) in [6.07, 6.45) is 1.65. The number of carbonyl (C=O) groups is 1. The molecular formula is C11H13N3O3. The van der Waals surface area contributed by atoms with Crippen LogP contribution in [0.2, 0.25) is 0 Å². The van der Waals surface area contributed by atoms with Crippen LogP contribution in [0.4, 0.5) is 11.4 Å². The highest BCUT2D eigenvalue weighted by atomic mass is 16.6. The lowest BCUT2D eigenvalue weighted by molar-refractivity contribution is -0.384. The van der Waals surface area contributed by atoms with Gasteiger partial charge in [0, 0.05) is 24.4 Å². The molecule has 1 aromatic carbocycles. The summed E-state index contributed by atoms with van der Waals surface area (Å²) < 4.78 is 0. The summed E-state index contributed by atoms with van der Waals surface area (Å²) in [6.45, 7) is 4.23. The zero-order valence-corrected chi connectivity index (χ0v) is 9.18. The number of non-ortho nitro benzene ring substituents is 1. The third-order valence-electron chi connectivity index (χ3n) is 1.94. The van der Waals surface area contributed by atoms with Gasteiger partial charge >= 0.3 is 0 Å². The number of carbonyl (C=O) groups excluding carboxylic acids is 1. The van der Waals surface area contributed by atoms with Crippen molar-refractivity contribution in [2.45, 2.75) is 0 Å². The van der Waals surface area contributed by atoms with Gasteiger partial charge in [-0.3, -0.25) is 14.9 Å². The van der Waals surface area contributed by atoms with E-state index in [1.807, 2.05) is 0 Å². The first-order chi connectivity index (χ1) is 8.13. The van der Waals surface area contributed by atoms with Gasteiger partial charge in [0.05, 0.1) is 11.5 Å². The second kappa shape index (κ2) is 6.39. The molecule has 17 heavy (non-hydrogen) atoms. The maximum Gasteiger partial charge on any atom is 0.269 e. The summed E-state index contributed by atoms with van der Waals surface area (Å²) in [5.74, 6) is -0.208. The minimum atomic E-state index is -0.489. The van der Waals surface area contributed by atoms with Crippen molar-refractivity contribution in [2.75, 3.05) is 18.4 Å². The molecular weight excluding hydrogens is 222 g/mol. The first-order valence-corrected chi connectivity index (χ1v) is 4.99. The Bertz CT molecular complexity index is 414. The SMILES string of the molecule is C=CCNCC(=O)Nc1ccc([N+](=O)[O-])cc1. The molecule has 1 amide bonds. The van der Waals surface area contributed by atoms with E-state index >= 15 is 0 Å². The molecule has 0 saturated carbocycles. The monoisotopic (exact) mass is 235 g/mol. The highest BCUT2D eigenvalue weighted by Gasteiger charge is 2.05. The molecule has 6 heteroatoms. The average molecular weight is 235 g/mol. The van der Waals surface area contributed by atoms with Gasteiger partial charge in [0.25, 0.3) is 5.69 Å². The van der Waals surface area contributed by atoms with Crippen molar-refractivity contribution in [1.29, 1.82) is 0 Å². The van der Waals surface area contributed by atoms with Gasteiger partial charge in [-0.2, -0.15) is 0 Å². The first-order valence-electron chi connectivity index (χ1n) is 4.99. The fourth-order valence-corrected chi connectivity index (χ4v) is 1.16. The fraction of sp³-hybridized carbons (Fsp3) is 0.182. The Hall–Kier alpha value is -2.21. The number of nitro benzene ring substituents is 1. The van der Waals surface area contributed by atoms with Crippen LogP contribution in [0.1, 0.15) is 0 Å². The van der Waals surface area contributed by atoms with Crippen molar-refractivity contribution in [1.82, 2.24) is 5.32 Å². The van der Waals surface area contributed by atoms with E-state index in [1.54, 1.807) is 6.08 Å². The van der Waals surface area contributed by atoms with Crippen LogP contribution in [0.5, 0.6) is 0 Å². The number of nitrogens with zero attached hydrogens (tertiary/aromatic N) is 1. The van der Waals surface area contributed by atoms with Crippen molar-refractivity contribution in [3.05, 3.63) is 47.0 Å². The van der Waals surface area contributed by atoms with Gasteiger partial charge in [-0.25, -0.2) is 0 Å². The molecule has 2 N–H and O–H groups in total. The van der Waals surface area contributed by atoms with Crippen LogP contribution in [-0.2, 0) is 4.79 Å². The molecule has 0 aromatic heterocycles. The van der Waals surface area contributed by atoms with Crippen LogP contribution in [-0.4, -0.2) is 23.9 Å². The number of benzene rings is 1. The number of nitro groups is 1. The minimum Gasteiger partial charge on any atom is -0.325 e. The van der Waals surface area contributed by atoms with E-state index in [2.05, 4.69) is 17.2 Å². The van der Waals surface area contributed by atoms with Gasteiger partial charge in [-0.05, 0) is 12.1 Å². The van der Waals surface area contributed by atoms with Crippen molar-refractivity contribution >= 4 is 17.3 Å². The summed E-state index contributed by atoms with van der Waals surface area (Å²) >= 11 is 0. The standard InChI is InChI=1S/C11H13N3O3/c1-2-7-12-8-11(15)13-9-3-5-10(6-4-9)14(16)17/h2-6,12H,1,7-8H2,(H,13,15). The second-order valence-electron chi connectivity index (χ2n) is 3.27. The zero-order valence-electron chi connectivity index (χ0n) is 9.18. The first kappa shape index (κ1) is 12.9. The second-order valence-corrected chi connectivity index (χ2v) is 3.27. The predicted octanol–water partition coefficient (Wildman–Crippen LogP) is 1.31. The molecule has 6 nitrogen and oxygen atoms in total. The number of hydrogen-bond donors (Lipinski definition) is 2. The highest BCUT2D eigenvalue weighted by molar-refractivity contribution is 5.92. The van der Waals surface area contributed by atoms with Gasteiger partial charge in [0.2, 0.25) is 5.91 Å². The van der Waals surface area contributed by atoms with E-state index in [0.717, 1.165) is 0 Å². The van der Waals surface area contributed by atoms with Gasteiger partial charge in [0.1, 0.15) is 0 Å².